The maximum absolute atomic E-state index is 12.8. The van der Waals surface area contributed by atoms with Crippen molar-refractivity contribution < 1.29 is 28.6 Å². The number of carbonyl (C=O) groups is 3. The van der Waals surface area contributed by atoms with Crippen LogP contribution in [0.25, 0.3) is 0 Å². The number of ether oxygens (including phenoxy) is 3. The Morgan fingerprint density at radius 2 is 0.638 bits per heavy atom. The minimum Gasteiger partial charge on any atom is -0.462 e. The molecule has 0 aromatic rings. The Bertz CT molecular complexity index is 1560. The smallest absolute Gasteiger partial charge is 0.306 e. The van der Waals surface area contributed by atoms with Crippen molar-refractivity contribution in [2.45, 2.75) is 219 Å². The largest absolute Gasteiger partial charge is 0.462 e. The van der Waals surface area contributed by atoms with Crippen molar-refractivity contribution in [2.24, 2.45) is 0 Å². The third-order valence-electron chi connectivity index (χ3n) is 11.0. The summed E-state index contributed by atoms with van der Waals surface area (Å²) in [5, 5.41) is 0. The van der Waals surface area contributed by atoms with Gasteiger partial charge in [0.1, 0.15) is 13.2 Å². The van der Waals surface area contributed by atoms with Gasteiger partial charge in [-0.25, -0.2) is 0 Å². The fraction of sp³-hybridized carbons (Fsp3) is 0.571. The lowest BCUT2D eigenvalue weighted by atomic mass is 10.1. The quantitative estimate of drug-likeness (QED) is 0.0199. The summed E-state index contributed by atoms with van der Waals surface area (Å²) in [6.07, 6.45) is 79.6. The maximum atomic E-state index is 12.8. The second-order valence-electron chi connectivity index (χ2n) is 17.6. The zero-order valence-electron chi connectivity index (χ0n) is 44.0. The molecule has 0 rings (SSSR count). The molecule has 0 aliphatic carbocycles. The van der Waals surface area contributed by atoms with E-state index in [0.717, 1.165) is 122 Å². The number of esters is 3. The number of hydrogen-bond donors (Lipinski definition) is 0. The van der Waals surface area contributed by atoms with Gasteiger partial charge in [0.25, 0.3) is 0 Å². The molecule has 0 amide bonds. The molecule has 0 aliphatic rings. The molecule has 0 spiro atoms. The lowest BCUT2D eigenvalue weighted by Crippen LogP contribution is -2.30. The molecule has 0 heterocycles. The summed E-state index contributed by atoms with van der Waals surface area (Å²) < 4.78 is 16.8. The van der Waals surface area contributed by atoms with Crippen LogP contribution in [0, 0.1) is 0 Å². The Labute approximate surface area is 423 Å². The number of carbonyl (C=O) groups excluding carboxylic acids is 3. The lowest BCUT2D eigenvalue weighted by Gasteiger charge is -2.18. The van der Waals surface area contributed by atoms with Crippen LogP contribution < -0.4 is 0 Å². The molecule has 6 heteroatoms. The van der Waals surface area contributed by atoms with Gasteiger partial charge >= 0.3 is 17.9 Å². The van der Waals surface area contributed by atoms with Gasteiger partial charge in [0.15, 0.2) is 6.10 Å². The van der Waals surface area contributed by atoms with Crippen molar-refractivity contribution in [3.63, 3.8) is 0 Å². The second-order valence-corrected chi connectivity index (χ2v) is 17.6. The third-order valence-corrected chi connectivity index (χ3v) is 11.0. The molecule has 69 heavy (non-hydrogen) atoms. The first kappa shape index (κ1) is 64.3. The van der Waals surface area contributed by atoms with Crippen LogP contribution >= 0.6 is 0 Å². The highest BCUT2D eigenvalue weighted by Crippen LogP contribution is 2.13. The zero-order chi connectivity index (χ0) is 50.0. The molecule has 0 aromatic heterocycles. The van der Waals surface area contributed by atoms with E-state index in [9.17, 15) is 14.4 Å². The molecule has 386 valence electrons. The van der Waals surface area contributed by atoms with Crippen molar-refractivity contribution >= 4 is 17.9 Å². The Morgan fingerprint density at radius 1 is 0.319 bits per heavy atom. The van der Waals surface area contributed by atoms with E-state index in [0.29, 0.717) is 19.3 Å². The van der Waals surface area contributed by atoms with Gasteiger partial charge in [-0.2, -0.15) is 0 Å². The maximum Gasteiger partial charge on any atom is 0.306 e. The monoisotopic (exact) mass is 951 g/mol. The predicted octanol–water partition coefficient (Wildman–Crippen LogP) is 18.4. The highest BCUT2D eigenvalue weighted by molar-refractivity contribution is 5.71. The first-order valence-electron chi connectivity index (χ1n) is 27.4. The van der Waals surface area contributed by atoms with Gasteiger partial charge < -0.3 is 14.2 Å². The van der Waals surface area contributed by atoms with Crippen LogP contribution in [0.4, 0.5) is 0 Å². The minimum absolute atomic E-state index is 0.113. The SMILES string of the molecule is CC\C=C/C=C\C=C/C=C\C=C\C=C/CCCCCC(=O)OC(COC(=O)CCCCCCCC/C=C\C=C/CCCCC)COC(=O)CCCCCCCC/C=C\C/C=C\C/C=C\C/C=C\CC. The molecule has 1 atom stereocenters. The van der Waals surface area contributed by atoms with Crippen molar-refractivity contribution in [2.75, 3.05) is 13.2 Å². The summed E-state index contributed by atoms with van der Waals surface area (Å²) in [5.41, 5.74) is 0. The van der Waals surface area contributed by atoms with Gasteiger partial charge in [-0.3, -0.25) is 14.4 Å². The Hall–Kier alpha value is -4.71. The van der Waals surface area contributed by atoms with E-state index in [1.165, 1.54) is 44.9 Å². The topological polar surface area (TPSA) is 78.9 Å². The number of hydrogen-bond acceptors (Lipinski definition) is 6. The van der Waals surface area contributed by atoms with Gasteiger partial charge in [0.05, 0.1) is 0 Å². The summed E-state index contributed by atoms with van der Waals surface area (Å²) in [7, 11) is 0. The van der Waals surface area contributed by atoms with E-state index >= 15 is 0 Å². The number of allylic oxidation sites excluding steroid dienone is 24. The van der Waals surface area contributed by atoms with Gasteiger partial charge in [-0.1, -0.05) is 237 Å². The van der Waals surface area contributed by atoms with E-state index in [-0.39, 0.29) is 37.5 Å². The van der Waals surface area contributed by atoms with E-state index < -0.39 is 6.10 Å². The highest BCUT2D eigenvalue weighted by atomic mass is 16.6. The first-order chi connectivity index (χ1) is 34.0. The van der Waals surface area contributed by atoms with Gasteiger partial charge in [0.2, 0.25) is 0 Å². The molecule has 0 aromatic carbocycles. The molecule has 0 N–H and O–H groups in total. The van der Waals surface area contributed by atoms with E-state index in [4.69, 9.17) is 14.2 Å². The summed E-state index contributed by atoms with van der Waals surface area (Å²) in [6.45, 7) is 6.27. The van der Waals surface area contributed by atoms with E-state index in [2.05, 4.69) is 106 Å². The van der Waals surface area contributed by atoms with Crippen molar-refractivity contribution in [1.82, 2.24) is 0 Å². The summed E-state index contributed by atoms with van der Waals surface area (Å²) in [4.78, 5) is 38.1. The Morgan fingerprint density at radius 3 is 1.09 bits per heavy atom. The van der Waals surface area contributed by atoms with Crippen LogP contribution in [0.1, 0.15) is 213 Å². The van der Waals surface area contributed by atoms with Crippen LogP contribution in [-0.4, -0.2) is 37.2 Å². The first-order valence-corrected chi connectivity index (χ1v) is 27.4. The van der Waals surface area contributed by atoms with Crippen molar-refractivity contribution in [3.05, 3.63) is 146 Å². The normalized spacial score (nSPS) is 13.3. The average molecular weight is 951 g/mol. The Balaban J connectivity index is 4.55. The molecule has 0 saturated carbocycles. The Kier molecular flexibility index (Phi) is 52.1. The molecule has 0 bridgehead atoms. The molecule has 6 nitrogen and oxygen atoms in total. The molecule has 0 fully saturated rings. The average Bonchev–Trinajstić information content (AvgIpc) is 3.35. The van der Waals surface area contributed by atoms with Crippen LogP contribution in [0.3, 0.4) is 0 Å². The van der Waals surface area contributed by atoms with Crippen molar-refractivity contribution in [1.29, 1.82) is 0 Å². The molecule has 0 saturated heterocycles. The van der Waals surface area contributed by atoms with Crippen LogP contribution in [0.5, 0.6) is 0 Å². The molecular weight excluding hydrogens is 853 g/mol. The second kappa shape index (κ2) is 55.9. The van der Waals surface area contributed by atoms with Gasteiger partial charge in [0, 0.05) is 19.3 Å². The fourth-order valence-electron chi connectivity index (χ4n) is 6.92. The van der Waals surface area contributed by atoms with Crippen LogP contribution in [0.15, 0.2) is 146 Å². The molecular formula is C63H98O6. The van der Waals surface area contributed by atoms with Gasteiger partial charge in [-0.05, 0) is 103 Å². The van der Waals surface area contributed by atoms with E-state index in [1.807, 2.05) is 60.8 Å². The summed E-state index contributed by atoms with van der Waals surface area (Å²) in [6, 6.07) is 0. The standard InChI is InChI=1S/C63H98O6/c1-4-7-10-13-16-19-22-25-28-30-31-33-35-38-41-44-47-50-53-56-62(65)68-59-60(58-67-61(64)55-52-49-46-43-40-37-34-27-24-21-18-15-12-9-6-3)69-63(66)57-54-51-48-45-42-39-36-32-29-26-23-20-17-14-11-8-5-2/h7-8,10-11,14,16-21,23-29,31-33,36,39,42,60H,4-6,9,12-13,15,22,30,34-35,37-38,40-41,43-59H2,1-3H3/b10-7-,11-8-,17-14-,19-16-,21-18-,23-20-,27-24-,28-25-,29-26-,33-31-,36-32+,42-39-. The van der Waals surface area contributed by atoms with Gasteiger partial charge in [-0.15, -0.1) is 0 Å². The molecule has 0 radical (unpaired) electrons. The summed E-state index contributed by atoms with van der Waals surface area (Å²) >= 11 is 0. The van der Waals surface area contributed by atoms with E-state index in [1.54, 1.807) is 0 Å². The lowest BCUT2D eigenvalue weighted by molar-refractivity contribution is -0.167. The number of unbranched alkanes of at least 4 members (excludes halogenated alkanes) is 18. The predicted molar refractivity (Wildman–Crippen MR) is 297 cm³/mol. The summed E-state index contributed by atoms with van der Waals surface area (Å²) in [5.74, 6) is -0.991. The molecule has 0 aliphatic heterocycles. The zero-order valence-corrected chi connectivity index (χ0v) is 44.0. The fourth-order valence-corrected chi connectivity index (χ4v) is 6.92. The van der Waals surface area contributed by atoms with Crippen LogP contribution in [-0.2, 0) is 28.6 Å². The van der Waals surface area contributed by atoms with Crippen molar-refractivity contribution in [3.8, 4) is 0 Å². The van der Waals surface area contributed by atoms with Crippen LogP contribution in [0.2, 0.25) is 0 Å². The highest BCUT2D eigenvalue weighted by Gasteiger charge is 2.19. The molecule has 1 unspecified atom stereocenters. The minimum atomic E-state index is -0.820. The third kappa shape index (κ3) is 54.1. The number of rotatable bonds is 47.